The van der Waals surface area contributed by atoms with Crippen molar-refractivity contribution in [3.8, 4) is 11.1 Å². The van der Waals surface area contributed by atoms with E-state index in [0.717, 1.165) is 23.1 Å². The fourth-order valence-corrected chi connectivity index (χ4v) is 4.42. The number of nitrogens with zero attached hydrogens (tertiary/aromatic N) is 1. The predicted molar refractivity (Wildman–Crippen MR) is 121 cm³/mol. The molecule has 2 aromatic carbocycles. The van der Waals surface area contributed by atoms with Gasteiger partial charge < -0.3 is 15.0 Å². The molecule has 168 valence electrons. The molecule has 1 N–H and O–H groups in total. The van der Waals surface area contributed by atoms with Crippen LogP contribution in [0.25, 0.3) is 11.1 Å². The third-order valence-electron chi connectivity index (χ3n) is 6.39. The van der Waals surface area contributed by atoms with Gasteiger partial charge in [0.05, 0.1) is 13.2 Å². The van der Waals surface area contributed by atoms with Crippen LogP contribution >= 0.6 is 0 Å². The van der Waals surface area contributed by atoms with Gasteiger partial charge in [0.25, 0.3) is 5.91 Å². The highest BCUT2D eigenvalue weighted by molar-refractivity contribution is 5.88. The van der Waals surface area contributed by atoms with Gasteiger partial charge >= 0.3 is 0 Å². The van der Waals surface area contributed by atoms with Crippen LogP contribution in [0, 0.1) is 17.7 Å². The van der Waals surface area contributed by atoms with Gasteiger partial charge in [-0.15, -0.1) is 6.58 Å². The van der Waals surface area contributed by atoms with Gasteiger partial charge in [-0.2, -0.15) is 0 Å². The molecule has 2 aromatic rings. The number of carbonyl (C=O) groups excluding carboxylic acids is 2. The number of halogens is 1. The highest BCUT2D eigenvalue weighted by Gasteiger charge is 2.49. The molecule has 2 fully saturated rings. The van der Waals surface area contributed by atoms with E-state index in [1.165, 1.54) is 12.1 Å². The number of hydrogen-bond acceptors (Lipinski definition) is 3. The summed E-state index contributed by atoms with van der Waals surface area (Å²) in [6.45, 7) is 7.06. The molecule has 0 unspecified atom stereocenters. The number of benzene rings is 2. The minimum Gasteiger partial charge on any atom is -0.361 e. The van der Waals surface area contributed by atoms with E-state index in [0.29, 0.717) is 32.0 Å². The highest BCUT2D eigenvalue weighted by atomic mass is 19.1. The van der Waals surface area contributed by atoms with E-state index < -0.39 is 5.60 Å². The second-order valence-electron chi connectivity index (χ2n) is 8.76. The number of amides is 2. The lowest BCUT2D eigenvalue weighted by molar-refractivity contribution is -0.166. The van der Waals surface area contributed by atoms with Gasteiger partial charge in [0.2, 0.25) is 5.91 Å². The molecule has 2 amide bonds. The van der Waals surface area contributed by atoms with Gasteiger partial charge in [-0.05, 0) is 41.2 Å². The molecular weight excluding hydrogens is 407 g/mol. The van der Waals surface area contributed by atoms with Gasteiger partial charge in [-0.3, -0.25) is 9.59 Å². The molecule has 0 spiro atoms. The smallest absolute Gasteiger partial charge is 0.254 e. The molecule has 2 aliphatic rings. The Balaban J connectivity index is 1.66. The van der Waals surface area contributed by atoms with Crippen molar-refractivity contribution in [3.63, 3.8) is 0 Å². The van der Waals surface area contributed by atoms with E-state index in [9.17, 15) is 14.0 Å². The lowest BCUT2D eigenvalue weighted by Gasteiger charge is -2.42. The SMILES string of the molecule is C=CCNC(=O)[C@]1(Cc2ccccc2-c2ccc(F)cc2)CN(C(=O)[C@H]2C[C@H]2C)CCO1. The number of carbonyl (C=O) groups is 2. The van der Waals surface area contributed by atoms with E-state index in [-0.39, 0.29) is 30.1 Å². The van der Waals surface area contributed by atoms with Gasteiger partial charge in [-0.1, -0.05) is 49.4 Å². The average molecular weight is 437 g/mol. The van der Waals surface area contributed by atoms with Gasteiger partial charge in [0, 0.05) is 25.4 Å². The third-order valence-corrected chi connectivity index (χ3v) is 6.39. The molecule has 0 bridgehead atoms. The van der Waals surface area contributed by atoms with Crippen LogP contribution in [0.3, 0.4) is 0 Å². The maximum absolute atomic E-state index is 13.5. The topological polar surface area (TPSA) is 58.6 Å². The Morgan fingerprint density at radius 2 is 1.97 bits per heavy atom. The Hall–Kier alpha value is -2.99. The van der Waals surface area contributed by atoms with Crippen molar-refractivity contribution in [2.75, 3.05) is 26.2 Å². The second kappa shape index (κ2) is 9.25. The summed E-state index contributed by atoms with van der Waals surface area (Å²) in [5, 5.41) is 2.87. The van der Waals surface area contributed by atoms with Crippen molar-refractivity contribution < 1.29 is 18.7 Å². The summed E-state index contributed by atoms with van der Waals surface area (Å²) < 4.78 is 19.6. The van der Waals surface area contributed by atoms with Crippen LogP contribution in [-0.4, -0.2) is 48.6 Å². The molecule has 1 aliphatic carbocycles. The Kier molecular flexibility index (Phi) is 6.42. The first-order valence-corrected chi connectivity index (χ1v) is 11.1. The van der Waals surface area contributed by atoms with Crippen LogP contribution < -0.4 is 5.32 Å². The van der Waals surface area contributed by atoms with Crippen molar-refractivity contribution in [1.82, 2.24) is 10.2 Å². The fourth-order valence-electron chi connectivity index (χ4n) is 4.42. The third kappa shape index (κ3) is 4.60. The molecule has 5 nitrogen and oxygen atoms in total. The molecule has 32 heavy (non-hydrogen) atoms. The Morgan fingerprint density at radius 3 is 2.66 bits per heavy atom. The van der Waals surface area contributed by atoms with E-state index in [4.69, 9.17) is 4.74 Å². The standard InChI is InChI=1S/C26H29FN2O3/c1-3-12-28-25(31)26(17-29(13-14-32-26)24(30)23-15-18(23)2)16-20-6-4-5-7-22(20)19-8-10-21(27)11-9-19/h3-11,18,23H,1,12-17H2,2H3,(H,28,31)/t18-,23+,26+/m1/s1. The van der Waals surface area contributed by atoms with Crippen LogP contribution in [0.4, 0.5) is 4.39 Å². The molecule has 1 saturated heterocycles. The van der Waals surface area contributed by atoms with E-state index in [1.807, 2.05) is 24.3 Å². The van der Waals surface area contributed by atoms with Crippen molar-refractivity contribution in [3.05, 3.63) is 72.6 Å². The van der Waals surface area contributed by atoms with Crippen LogP contribution in [0.2, 0.25) is 0 Å². The number of rotatable bonds is 7. The lowest BCUT2D eigenvalue weighted by atomic mass is 9.87. The van der Waals surface area contributed by atoms with Crippen LogP contribution in [0.1, 0.15) is 18.9 Å². The summed E-state index contributed by atoms with van der Waals surface area (Å²) in [7, 11) is 0. The average Bonchev–Trinajstić information content (AvgIpc) is 3.54. The summed E-state index contributed by atoms with van der Waals surface area (Å²) in [4.78, 5) is 28.1. The maximum atomic E-state index is 13.5. The first-order valence-electron chi connectivity index (χ1n) is 11.1. The van der Waals surface area contributed by atoms with Crippen molar-refractivity contribution in [2.24, 2.45) is 11.8 Å². The molecular formula is C26H29FN2O3. The number of morpholine rings is 1. The molecule has 3 atom stereocenters. The number of nitrogens with one attached hydrogen (secondary N) is 1. The molecule has 6 heteroatoms. The van der Waals surface area contributed by atoms with E-state index in [2.05, 4.69) is 18.8 Å². The molecule has 0 aromatic heterocycles. The Bertz CT molecular complexity index is 1010. The Morgan fingerprint density at radius 1 is 1.25 bits per heavy atom. The minimum absolute atomic E-state index is 0.0496. The van der Waals surface area contributed by atoms with Crippen molar-refractivity contribution in [2.45, 2.75) is 25.4 Å². The Labute approximate surface area is 188 Å². The zero-order chi connectivity index (χ0) is 22.7. The summed E-state index contributed by atoms with van der Waals surface area (Å²) in [6.07, 6.45) is 2.82. The zero-order valence-electron chi connectivity index (χ0n) is 18.4. The summed E-state index contributed by atoms with van der Waals surface area (Å²) in [6, 6.07) is 14.0. The van der Waals surface area contributed by atoms with Crippen LogP contribution in [-0.2, 0) is 20.7 Å². The summed E-state index contributed by atoms with van der Waals surface area (Å²) in [5.74, 6) is -0.00572. The zero-order valence-corrected chi connectivity index (χ0v) is 18.4. The summed E-state index contributed by atoms with van der Waals surface area (Å²) in [5.41, 5.74) is 1.47. The first-order chi connectivity index (χ1) is 15.4. The van der Waals surface area contributed by atoms with Gasteiger partial charge in [-0.25, -0.2) is 4.39 Å². The number of ether oxygens (including phenoxy) is 1. The largest absolute Gasteiger partial charge is 0.361 e. The monoisotopic (exact) mass is 436 g/mol. The second-order valence-corrected chi connectivity index (χ2v) is 8.76. The number of hydrogen-bond donors (Lipinski definition) is 1. The normalized spacial score (nSPS) is 24.6. The molecule has 4 rings (SSSR count). The molecule has 1 aliphatic heterocycles. The van der Waals surface area contributed by atoms with Crippen molar-refractivity contribution in [1.29, 1.82) is 0 Å². The molecule has 0 radical (unpaired) electrons. The van der Waals surface area contributed by atoms with Gasteiger partial charge in [0.15, 0.2) is 5.60 Å². The first kappa shape index (κ1) is 22.2. The quantitative estimate of drug-likeness (QED) is 0.675. The van der Waals surface area contributed by atoms with Crippen LogP contribution in [0.15, 0.2) is 61.2 Å². The highest BCUT2D eigenvalue weighted by Crippen LogP contribution is 2.40. The molecule has 1 saturated carbocycles. The minimum atomic E-state index is -1.20. The van der Waals surface area contributed by atoms with Gasteiger partial charge in [0.1, 0.15) is 5.82 Å². The van der Waals surface area contributed by atoms with E-state index >= 15 is 0 Å². The maximum Gasteiger partial charge on any atom is 0.254 e. The fraction of sp³-hybridized carbons (Fsp3) is 0.385. The molecule has 1 heterocycles. The van der Waals surface area contributed by atoms with Crippen LogP contribution in [0.5, 0.6) is 0 Å². The van der Waals surface area contributed by atoms with Crippen molar-refractivity contribution >= 4 is 11.8 Å². The predicted octanol–water partition coefficient (Wildman–Crippen LogP) is 3.59. The lowest BCUT2D eigenvalue weighted by Crippen LogP contribution is -2.62. The summed E-state index contributed by atoms with van der Waals surface area (Å²) >= 11 is 0. The van der Waals surface area contributed by atoms with E-state index in [1.54, 1.807) is 23.1 Å².